The van der Waals surface area contributed by atoms with Gasteiger partial charge in [-0.25, -0.2) is 0 Å². The van der Waals surface area contributed by atoms with Crippen LogP contribution in [0.2, 0.25) is 0 Å². The molecule has 0 aliphatic carbocycles. The van der Waals surface area contributed by atoms with Crippen LogP contribution in [0.5, 0.6) is 5.75 Å². The van der Waals surface area contributed by atoms with Crippen molar-refractivity contribution in [2.24, 2.45) is 0 Å². The number of benzene rings is 1. The quantitative estimate of drug-likeness (QED) is 0.756. The van der Waals surface area contributed by atoms with Gasteiger partial charge in [0, 0.05) is 0 Å². The minimum atomic E-state index is -0.568. The number of hydrogen-bond acceptors (Lipinski definition) is 2. The van der Waals surface area contributed by atoms with E-state index in [0.717, 1.165) is 37.9 Å². The van der Waals surface area contributed by atoms with Gasteiger partial charge in [0.1, 0.15) is 5.75 Å². The summed E-state index contributed by atoms with van der Waals surface area (Å²) >= 11 is 0. The number of rotatable bonds is 8. The fraction of sp³-hybridized carbons (Fsp3) is 0.647. The van der Waals surface area contributed by atoms with Gasteiger partial charge < -0.3 is 9.84 Å². The summed E-state index contributed by atoms with van der Waals surface area (Å²) in [7, 11) is 0. The molecule has 0 aliphatic heterocycles. The van der Waals surface area contributed by atoms with Crippen LogP contribution in [-0.4, -0.2) is 16.8 Å². The molecule has 0 amide bonds. The van der Waals surface area contributed by atoms with Crippen molar-refractivity contribution in [3.8, 4) is 5.75 Å². The van der Waals surface area contributed by atoms with Crippen molar-refractivity contribution in [3.63, 3.8) is 0 Å². The Morgan fingerprint density at radius 2 is 1.89 bits per heavy atom. The van der Waals surface area contributed by atoms with Gasteiger partial charge in [0.15, 0.2) is 0 Å². The van der Waals surface area contributed by atoms with Crippen LogP contribution in [0.1, 0.15) is 58.9 Å². The Morgan fingerprint density at radius 3 is 2.53 bits per heavy atom. The van der Waals surface area contributed by atoms with Crippen LogP contribution in [0.4, 0.5) is 0 Å². The lowest BCUT2D eigenvalue weighted by Crippen LogP contribution is -2.24. The highest BCUT2D eigenvalue weighted by molar-refractivity contribution is 5.33. The zero-order valence-electron chi connectivity index (χ0n) is 12.8. The molecule has 2 nitrogen and oxygen atoms in total. The van der Waals surface area contributed by atoms with Crippen LogP contribution in [0, 0.1) is 0 Å². The normalized spacial score (nSPS) is 14.4. The first-order valence-corrected chi connectivity index (χ1v) is 7.41. The van der Waals surface area contributed by atoms with Gasteiger partial charge in [-0.3, -0.25) is 0 Å². The van der Waals surface area contributed by atoms with Gasteiger partial charge in [0.25, 0.3) is 0 Å². The van der Waals surface area contributed by atoms with Crippen molar-refractivity contribution in [1.82, 2.24) is 0 Å². The summed E-state index contributed by atoms with van der Waals surface area (Å²) in [6.45, 7) is 8.17. The smallest absolute Gasteiger partial charge is 0.122 e. The first-order chi connectivity index (χ1) is 8.94. The Balaban J connectivity index is 2.61. The van der Waals surface area contributed by atoms with E-state index in [4.69, 9.17) is 4.74 Å². The molecule has 1 aromatic rings. The fourth-order valence-electron chi connectivity index (χ4n) is 2.17. The average molecular weight is 264 g/mol. The van der Waals surface area contributed by atoms with Crippen molar-refractivity contribution >= 4 is 0 Å². The van der Waals surface area contributed by atoms with Crippen LogP contribution in [-0.2, 0) is 6.42 Å². The molecule has 0 radical (unpaired) electrons. The molecule has 108 valence electrons. The molecule has 0 aromatic heterocycles. The highest BCUT2D eigenvalue weighted by Gasteiger charge is 2.20. The molecular formula is C17H28O2. The SMILES string of the molecule is CCCCC(C)(O)CCc1ccccc1OC(C)C. The van der Waals surface area contributed by atoms with Gasteiger partial charge >= 0.3 is 0 Å². The fourth-order valence-corrected chi connectivity index (χ4v) is 2.17. The van der Waals surface area contributed by atoms with E-state index in [0.29, 0.717) is 0 Å². The molecule has 2 heteroatoms. The molecule has 0 saturated carbocycles. The molecule has 1 N–H and O–H groups in total. The molecule has 0 saturated heterocycles. The Labute approximate surface area is 117 Å². The lowest BCUT2D eigenvalue weighted by atomic mass is 9.91. The molecule has 0 heterocycles. The summed E-state index contributed by atoms with van der Waals surface area (Å²) in [6.07, 6.45) is 4.91. The van der Waals surface area contributed by atoms with Crippen molar-refractivity contribution in [1.29, 1.82) is 0 Å². The highest BCUT2D eigenvalue weighted by Crippen LogP contribution is 2.25. The minimum Gasteiger partial charge on any atom is -0.491 e. The van der Waals surface area contributed by atoms with Gasteiger partial charge in [0.05, 0.1) is 11.7 Å². The summed E-state index contributed by atoms with van der Waals surface area (Å²) in [5.41, 5.74) is 0.619. The second kappa shape index (κ2) is 7.54. The Morgan fingerprint density at radius 1 is 1.21 bits per heavy atom. The monoisotopic (exact) mass is 264 g/mol. The number of unbranched alkanes of at least 4 members (excludes halogenated alkanes) is 1. The molecule has 0 bridgehead atoms. The molecule has 0 aliphatic rings. The zero-order chi connectivity index (χ0) is 14.3. The van der Waals surface area contributed by atoms with Gasteiger partial charge in [-0.05, 0) is 51.7 Å². The molecule has 1 rings (SSSR count). The lowest BCUT2D eigenvalue weighted by molar-refractivity contribution is 0.0399. The summed E-state index contributed by atoms with van der Waals surface area (Å²) in [5, 5.41) is 10.3. The second-order valence-corrected chi connectivity index (χ2v) is 5.87. The van der Waals surface area contributed by atoms with Crippen molar-refractivity contribution in [2.45, 2.75) is 71.5 Å². The summed E-state index contributed by atoms with van der Waals surface area (Å²) in [5.74, 6) is 0.948. The van der Waals surface area contributed by atoms with E-state index < -0.39 is 5.60 Å². The molecule has 0 spiro atoms. The van der Waals surface area contributed by atoms with E-state index in [1.54, 1.807) is 0 Å². The first-order valence-electron chi connectivity index (χ1n) is 7.41. The third kappa shape index (κ3) is 6.11. The Hall–Kier alpha value is -1.02. The van der Waals surface area contributed by atoms with Crippen LogP contribution in [0.15, 0.2) is 24.3 Å². The Bertz CT molecular complexity index is 369. The maximum Gasteiger partial charge on any atom is 0.122 e. The number of ether oxygens (including phenoxy) is 1. The van der Waals surface area contributed by atoms with E-state index in [9.17, 15) is 5.11 Å². The summed E-state index contributed by atoms with van der Waals surface area (Å²) in [4.78, 5) is 0. The molecule has 0 fully saturated rings. The van der Waals surface area contributed by atoms with Gasteiger partial charge in [-0.15, -0.1) is 0 Å². The van der Waals surface area contributed by atoms with Crippen molar-refractivity contribution < 1.29 is 9.84 Å². The molecule has 1 aromatic carbocycles. The Kier molecular flexibility index (Phi) is 6.36. The lowest BCUT2D eigenvalue weighted by Gasteiger charge is -2.24. The number of aliphatic hydroxyl groups is 1. The van der Waals surface area contributed by atoms with Crippen LogP contribution in [0.3, 0.4) is 0 Å². The molecule has 19 heavy (non-hydrogen) atoms. The van der Waals surface area contributed by atoms with Crippen molar-refractivity contribution in [2.75, 3.05) is 0 Å². The number of hydrogen-bond donors (Lipinski definition) is 1. The maximum absolute atomic E-state index is 10.3. The molecule has 1 unspecified atom stereocenters. The predicted octanol–water partition coefficient (Wildman–Crippen LogP) is 4.35. The first kappa shape index (κ1) is 16.0. The van der Waals surface area contributed by atoms with E-state index in [1.165, 1.54) is 5.56 Å². The van der Waals surface area contributed by atoms with E-state index in [-0.39, 0.29) is 6.10 Å². The molecular weight excluding hydrogens is 236 g/mol. The summed E-state index contributed by atoms with van der Waals surface area (Å²) < 4.78 is 5.81. The van der Waals surface area contributed by atoms with Crippen LogP contribution < -0.4 is 4.74 Å². The van der Waals surface area contributed by atoms with Gasteiger partial charge in [-0.2, -0.15) is 0 Å². The third-order valence-electron chi connectivity index (χ3n) is 3.34. The highest BCUT2D eigenvalue weighted by atomic mass is 16.5. The summed E-state index contributed by atoms with van der Waals surface area (Å²) in [6, 6.07) is 8.13. The standard InChI is InChI=1S/C17H28O2/c1-5-6-12-17(4,18)13-11-15-9-7-8-10-16(15)19-14(2)3/h7-10,14,18H,5-6,11-13H2,1-4H3. The van der Waals surface area contributed by atoms with Gasteiger partial charge in [0.2, 0.25) is 0 Å². The van der Waals surface area contributed by atoms with Crippen LogP contribution >= 0.6 is 0 Å². The van der Waals surface area contributed by atoms with Crippen molar-refractivity contribution in [3.05, 3.63) is 29.8 Å². The second-order valence-electron chi connectivity index (χ2n) is 5.87. The van der Waals surface area contributed by atoms with Gasteiger partial charge in [-0.1, -0.05) is 38.0 Å². The minimum absolute atomic E-state index is 0.182. The predicted molar refractivity (Wildman–Crippen MR) is 80.7 cm³/mol. The average Bonchev–Trinajstić information content (AvgIpc) is 2.35. The third-order valence-corrected chi connectivity index (χ3v) is 3.34. The zero-order valence-corrected chi connectivity index (χ0v) is 12.8. The molecule has 1 atom stereocenters. The number of para-hydroxylation sites is 1. The topological polar surface area (TPSA) is 29.5 Å². The largest absolute Gasteiger partial charge is 0.491 e. The van der Waals surface area contributed by atoms with E-state index in [2.05, 4.69) is 13.0 Å². The van der Waals surface area contributed by atoms with Crippen LogP contribution in [0.25, 0.3) is 0 Å². The maximum atomic E-state index is 10.3. The number of aryl methyl sites for hydroxylation is 1. The van der Waals surface area contributed by atoms with E-state index >= 15 is 0 Å². The van der Waals surface area contributed by atoms with E-state index in [1.807, 2.05) is 39.0 Å².